The molecule has 3 aromatic heterocycles. The fourth-order valence-corrected chi connectivity index (χ4v) is 6.75. The Bertz CT molecular complexity index is 1920. The summed E-state index contributed by atoms with van der Waals surface area (Å²) in [6.07, 6.45) is -2.61. The van der Waals surface area contributed by atoms with Crippen LogP contribution in [0.2, 0.25) is 0 Å². The molecule has 1 aliphatic rings. The van der Waals surface area contributed by atoms with Crippen molar-refractivity contribution in [3.05, 3.63) is 90.3 Å². The van der Waals surface area contributed by atoms with Gasteiger partial charge in [0.1, 0.15) is 11.6 Å². The summed E-state index contributed by atoms with van der Waals surface area (Å²) in [4.78, 5) is 4.38. The molecule has 0 aliphatic carbocycles. The number of benzene rings is 3. The van der Waals surface area contributed by atoms with Crippen molar-refractivity contribution in [2.45, 2.75) is 24.6 Å². The number of fused-ring (bicyclic) bond motifs is 10. The minimum Gasteiger partial charge on any atom is -0.396 e. The molecular formula is C31H25F3N3O2+. The molecule has 0 spiro atoms. The summed E-state index contributed by atoms with van der Waals surface area (Å²) in [5.74, 6) is -0.195. The molecule has 0 radical (unpaired) electrons. The molecule has 6 aromatic rings. The van der Waals surface area contributed by atoms with E-state index in [1.54, 1.807) is 13.2 Å². The summed E-state index contributed by atoms with van der Waals surface area (Å²) in [6, 6.07) is 18.1. The molecular weight excluding hydrogens is 503 g/mol. The van der Waals surface area contributed by atoms with Crippen LogP contribution >= 0.6 is 0 Å². The minimum atomic E-state index is -4.55. The van der Waals surface area contributed by atoms with E-state index in [1.807, 2.05) is 28.8 Å². The lowest BCUT2D eigenvalue weighted by Crippen LogP contribution is -2.49. The van der Waals surface area contributed by atoms with Crippen molar-refractivity contribution in [3.8, 4) is 11.4 Å². The van der Waals surface area contributed by atoms with Crippen LogP contribution in [0.1, 0.15) is 29.5 Å². The SMILES string of the molecule is C=C(COC)C1C(CCO)c2c(n3c4ccccc4c4cccc2c43)-c2c3cccc(C(F)(F)F)c3nc[n+]21. The molecule has 0 amide bonds. The molecule has 8 heteroatoms. The van der Waals surface area contributed by atoms with Gasteiger partial charge in [0.2, 0.25) is 0 Å². The van der Waals surface area contributed by atoms with Gasteiger partial charge in [0.05, 0.1) is 28.7 Å². The third-order valence-electron chi connectivity index (χ3n) is 8.09. The largest absolute Gasteiger partial charge is 0.420 e. The average Bonchev–Trinajstić information content (AvgIpc) is 3.44. The van der Waals surface area contributed by atoms with Crippen LogP contribution < -0.4 is 4.57 Å². The molecule has 7 rings (SSSR count). The second-order valence-electron chi connectivity index (χ2n) is 10.2. The van der Waals surface area contributed by atoms with Gasteiger partial charge in [-0.05, 0) is 40.7 Å². The fourth-order valence-electron chi connectivity index (χ4n) is 6.75. The van der Waals surface area contributed by atoms with Crippen LogP contribution in [0.25, 0.3) is 49.5 Å². The Kier molecular flexibility index (Phi) is 5.24. The summed E-state index contributed by atoms with van der Waals surface area (Å²) in [5, 5.41) is 13.8. The normalized spacial score (nSPS) is 17.4. The first-order chi connectivity index (χ1) is 18.9. The molecule has 2 unspecified atom stereocenters. The number of aromatic nitrogens is 3. The molecule has 0 fully saturated rings. The van der Waals surface area contributed by atoms with Crippen LogP contribution in [0.5, 0.6) is 0 Å². The molecule has 39 heavy (non-hydrogen) atoms. The summed E-state index contributed by atoms with van der Waals surface area (Å²) >= 11 is 0. The van der Waals surface area contributed by atoms with Crippen molar-refractivity contribution < 1.29 is 27.6 Å². The van der Waals surface area contributed by atoms with E-state index in [2.05, 4.69) is 34.2 Å². The summed E-state index contributed by atoms with van der Waals surface area (Å²) in [6.45, 7) is 4.53. The zero-order valence-electron chi connectivity index (χ0n) is 21.2. The van der Waals surface area contributed by atoms with Gasteiger partial charge in [0.15, 0.2) is 11.2 Å². The highest BCUT2D eigenvalue weighted by Crippen LogP contribution is 2.51. The number of halogens is 3. The molecule has 4 heterocycles. The van der Waals surface area contributed by atoms with Crippen molar-refractivity contribution in [3.63, 3.8) is 0 Å². The molecule has 1 aliphatic heterocycles. The average molecular weight is 529 g/mol. The summed E-state index contributed by atoms with van der Waals surface area (Å²) < 4.78 is 51.9. The van der Waals surface area contributed by atoms with Gasteiger partial charge in [-0.25, -0.2) is 4.57 Å². The Morgan fingerprint density at radius 2 is 1.74 bits per heavy atom. The molecule has 0 bridgehead atoms. The Morgan fingerprint density at radius 1 is 1.03 bits per heavy atom. The predicted octanol–water partition coefficient (Wildman–Crippen LogP) is 6.43. The standard InChI is InChI=1S/C31H25F3N3O2/c1-17(15-39-2)27-21(13-14-38)25-20-9-5-8-19-18-7-3-4-12-24(18)37(28(19)20)30(25)29-22-10-6-11-23(31(32,33)34)26(22)35-16-36(27)29/h3-12,16,21,27,38H,1,13-15H2,2H3/q+1. The van der Waals surface area contributed by atoms with E-state index < -0.39 is 11.7 Å². The van der Waals surface area contributed by atoms with Gasteiger partial charge in [-0.1, -0.05) is 49.0 Å². The van der Waals surface area contributed by atoms with E-state index >= 15 is 0 Å². The quantitative estimate of drug-likeness (QED) is 0.207. The number of nitrogens with zero attached hydrogens (tertiary/aromatic N) is 3. The van der Waals surface area contributed by atoms with E-state index in [0.29, 0.717) is 17.5 Å². The highest BCUT2D eigenvalue weighted by Gasteiger charge is 2.45. The molecule has 196 valence electrons. The van der Waals surface area contributed by atoms with Gasteiger partial charge >= 0.3 is 6.18 Å². The maximum absolute atomic E-state index is 14.1. The van der Waals surface area contributed by atoms with Crippen molar-refractivity contribution in [1.82, 2.24) is 9.38 Å². The minimum absolute atomic E-state index is 0.0566. The van der Waals surface area contributed by atoms with E-state index in [9.17, 15) is 18.3 Å². The monoisotopic (exact) mass is 528 g/mol. The van der Waals surface area contributed by atoms with Gasteiger partial charge in [-0.3, -0.25) is 0 Å². The van der Waals surface area contributed by atoms with E-state index in [-0.39, 0.29) is 30.7 Å². The van der Waals surface area contributed by atoms with E-state index in [0.717, 1.165) is 50.1 Å². The molecule has 3 aromatic carbocycles. The molecule has 0 saturated carbocycles. The van der Waals surface area contributed by atoms with Crippen molar-refractivity contribution >= 4 is 38.1 Å². The van der Waals surface area contributed by atoms with Gasteiger partial charge in [-0.2, -0.15) is 13.2 Å². The lowest BCUT2D eigenvalue weighted by Gasteiger charge is -2.33. The first-order valence-electron chi connectivity index (χ1n) is 12.8. The number of aliphatic hydroxyl groups is 1. The number of aliphatic hydroxyl groups excluding tert-OH is 1. The highest BCUT2D eigenvalue weighted by atomic mass is 19.4. The first-order valence-corrected chi connectivity index (χ1v) is 12.8. The lowest BCUT2D eigenvalue weighted by atomic mass is 9.79. The van der Waals surface area contributed by atoms with Crippen LogP contribution in [-0.2, 0) is 10.9 Å². The Hall–Kier alpha value is -4.01. The smallest absolute Gasteiger partial charge is 0.396 e. The third-order valence-corrected chi connectivity index (χ3v) is 8.09. The maximum atomic E-state index is 14.1. The van der Waals surface area contributed by atoms with Gasteiger partial charge in [-0.15, -0.1) is 0 Å². The number of ether oxygens (including phenoxy) is 1. The topological polar surface area (TPSA) is 50.6 Å². The van der Waals surface area contributed by atoms with Gasteiger partial charge in [0.25, 0.3) is 6.33 Å². The number of rotatable bonds is 5. The van der Waals surface area contributed by atoms with Crippen molar-refractivity contribution in [1.29, 1.82) is 0 Å². The van der Waals surface area contributed by atoms with E-state index in [4.69, 9.17) is 4.74 Å². The predicted molar refractivity (Wildman–Crippen MR) is 144 cm³/mol. The summed E-state index contributed by atoms with van der Waals surface area (Å²) in [5.41, 5.74) is 4.37. The summed E-state index contributed by atoms with van der Waals surface area (Å²) in [7, 11) is 1.59. The highest BCUT2D eigenvalue weighted by molar-refractivity contribution is 6.18. The molecule has 0 saturated heterocycles. The fraction of sp³-hybridized carbons (Fsp3) is 0.226. The second-order valence-corrected chi connectivity index (χ2v) is 10.2. The van der Waals surface area contributed by atoms with Crippen molar-refractivity contribution in [2.75, 3.05) is 20.3 Å². The molecule has 5 nitrogen and oxygen atoms in total. The molecule has 2 atom stereocenters. The number of para-hydroxylation sites is 3. The zero-order valence-corrected chi connectivity index (χ0v) is 21.2. The van der Waals surface area contributed by atoms with Crippen LogP contribution in [0.3, 0.4) is 0 Å². The molecule has 1 N–H and O–H groups in total. The van der Waals surface area contributed by atoms with Gasteiger partial charge < -0.3 is 14.2 Å². The van der Waals surface area contributed by atoms with Crippen LogP contribution in [0, 0.1) is 0 Å². The van der Waals surface area contributed by atoms with Gasteiger partial charge in [0, 0.05) is 35.8 Å². The van der Waals surface area contributed by atoms with Crippen LogP contribution in [-0.4, -0.2) is 34.8 Å². The zero-order chi connectivity index (χ0) is 27.1. The Morgan fingerprint density at radius 3 is 2.51 bits per heavy atom. The maximum Gasteiger partial charge on any atom is 0.420 e. The number of alkyl halides is 3. The Labute approximate surface area is 221 Å². The van der Waals surface area contributed by atoms with Crippen molar-refractivity contribution in [2.24, 2.45) is 0 Å². The number of hydrogen-bond donors (Lipinski definition) is 1. The third kappa shape index (κ3) is 3.22. The number of methoxy groups -OCH3 is 1. The van der Waals surface area contributed by atoms with Crippen LogP contribution in [0.15, 0.2) is 79.1 Å². The Balaban J connectivity index is 1.72. The lowest BCUT2D eigenvalue weighted by molar-refractivity contribution is -0.711. The van der Waals surface area contributed by atoms with Crippen LogP contribution in [0.4, 0.5) is 13.2 Å². The first kappa shape index (κ1) is 24.1. The number of hydrogen-bond acceptors (Lipinski definition) is 3. The van der Waals surface area contributed by atoms with E-state index in [1.165, 1.54) is 12.4 Å². The second kappa shape index (κ2) is 8.49.